The van der Waals surface area contributed by atoms with E-state index in [0.29, 0.717) is 18.4 Å². The first-order valence-corrected chi connectivity index (χ1v) is 10.4. The molecule has 0 radical (unpaired) electrons. The predicted octanol–water partition coefficient (Wildman–Crippen LogP) is 3.59. The summed E-state index contributed by atoms with van der Waals surface area (Å²) >= 11 is 0. The fourth-order valence-electron chi connectivity index (χ4n) is 4.49. The predicted molar refractivity (Wildman–Crippen MR) is 114 cm³/mol. The van der Waals surface area contributed by atoms with Gasteiger partial charge in [-0.05, 0) is 68.2 Å². The highest BCUT2D eigenvalue weighted by Gasteiger charge is 2.27. The number of aromatic amines is 1. The molecule has 1 aliphatic rings. The minimum absolute atomic E-state index is 0.146. The Morgan fingerprint density at radius 3 is 2.69 bits per heavy atom. The van der Waals surface area contributed by atoms with Gasteiger partial charge in [-0.2, -0.15) is 5.26 Å². The van der Waals surface area contributed by atoms with Gasteiger partial charge < -0.3 is 9.88 Å². The third kappa shape index (κ3) is 4.42. The zero-order valence-electron chi connectivity index (χ0n) is 17.5. The van der Waals surface area contributed by atoms with Gasteiger partial charge in [-0.3, -0.25) is 9.59 Å². The van der Waals surface area contributed by atoms with E-state index >= 15 is 0 Å². The molecule has 1 amide bonds. The lowest BCUT2D eigenvalue weighted by Crippen LogP contribution is -2.44. The molecule has 0 aliphatic heterocycles. The maximum atomic E-state index is 13.2. The van der Waals surface area contributed by atoms with Crippen LogP contribution in [-0.4, -0.2) is 28.4 Å². The number of aromatic nitrogens is 1. The normalized spacial score (nSPS) is 15.4. The van der Waals surface area contributed by atoms with Gasteiger partial charge >= 0.3 is 0 Å². The van der Waals surface area contributed by atoms with Crippen LogP contribution >= 0.6 is 0 Å². The van der Waals surface area contributed by atoms with Crippen molar-refractivity contribution in [2.45, 2.75) is 65.3 Å². The molecule has 0 saturated heterocycles. The van der Waals surface area contributed by atoms with E-state index in [4.69, 9.17) is 0 Å². The average Bonchev–Trinajstić information content (AvgIpc) is 2.71. The van der Waals surface area contributed by atoms with E-state index in [1.165, 1.54) is 11.1 Å². The van der Waals surface area contributed by atoms with Gasteiger partial charge in [0.1, 0.15) is 11.6 Å². The van der Waals surface area contributed by atoms with Crippen LogP contribution in [-0.2, 0) is 24.1 Å². The molecular weight excluding hydrogens is 362 g/mol. The van der Waals surface area contributed by atoms with Crippen LogP contribution in [0.15, 0.2) is 29.1 Å². The summed E-state index contributed by atoms with van der Waals surface area (Å²) < 4.78 is 0. The molecule has 1 unspecified atom stereocenters. The zero-order chi connectivity index (χ0) is 21.0. The van der Waals surface area contributed by atoms with Crippen molar-refractivity contribution in [1.82, 2.24) is 9.88 Å². The van der Waals surface area contributed by atoms with E-state index in [9.17, 15) is 14.9 Å². The fraction of sp³-hybridized carbons (Fsp3) is 0.458. The Labute approximate surface area is 172 Å². The van der Waals surface area contributed by atoms with Crippen LogP contribution in [0.4, 0.5) is 0 Å². The average molecular weight is 392 g/mol. The van der Waals surface area contributed by atoms with Crippen molar-refractivity contribution < 1.29 is 4.79 Å². The molecule has 152 valence electrons. The van der Waals surface area contributed by atoms with Crippen molar-refractivity contribution in [2.24, 2.45) is 0 Å². The van der Waals surface area contributed by atoms with Crippen molar-refractivity contribution in [3.8, 4) is 6.07 Å². The Kier molecular flexibility index (Phi) is 6.53. The van der Waals surface area contributed by atoms with Crippen molar-refractivity contribution >= 4 is 5.91 Å². The van der Waals surface area contributed by atoms with E-state index in [1.807, 2.05) is 13.0 Å². The summed E-state index contributed by atoms with van der Waals surface area (Å²) in [5.74, 6) is 0.153. The van der Waals surface area contributed by atoms with Crippen LogP contribution in [0, 0.1) is 25.2 Å². The highest BCUT2D eigenvalue weighted by molar-refractivity contribution is 5.77. The second-order valence-corrected chi connectivity index (χ2v) is 7.92. The molecule has 2 aromatic rings. The molecule has 29 heavy (non-hydrogen) atoms. The fourth-order valence-corrected chi connectivity index (χ4v) is 4.49. The Morgan fingerprint density at radius 1 is 1.28 bits per heavy atom. The van der Waals surface area contributed by atoms with Crippen molar-refractivity contribution in [1.29, 1.82) is 5.26 Å². The number of carbonyl (C=O) groups is 1. The van der Waals surface area contributed by atoms with Gasteiger partial charge in [-0.15, -0.1) is 0 Å². The van der Waals surface area contributed by atoms with Crippen LogP contribution in [0.3, 0.4) is 0 Å². The number of nitrogens with one attached hydrogen (secondary N) is 1. The molecule has 0 spiro atoms. The number of H-pyrrole nitrogens is 1. The molecule has 1 aromatic carbocycles. The molecule has 3 rings (SSSR count). The van der Waals surface area contributed by atoms with Crippen LogP contribution in [0.1, 0.15) is 59.7 Å². The molecular formula is C24H29N3O2. The van der Waals surface area contributed by atoms with Gasteiger partial charge in [0.05, 0.1) is 0 Å². The van der Waals surface area contributed by atoms with Gasteiger partial charge in [0.2, 0.25) is 5.91 Å². The van der Waals surface area contributed by atoms with Crippen molar-refractivity contribution in [2.75, 3.05) is 6.54 Å². The SMILES string of the molecule is CCCN(C(=O)CCc1c(C)[nH]c(=O)c(C#N)c1C)C1CCc2ccccc2C1. The molecule has 1 N–H and O–H groups in total. The lowest BCUT2D eigenvalue weighted by molar-refractivity contribution is -0.133. The summed E-state index contributed by atoms with van der Waals surface area (Å²) in [6.45, 7) is 6.49. The molecule has 0 bridgehead atoms. The maximum Gasteiger partial charge on any atom is 0.266 e. The van der Waals surface area contributed by atoms with Crippen LogP contribution < -0.4 is 5.56 Å². The lowest BCUT2D eigenvalue weighted by Gasteiger charge is -2.35. The number of carbonyl (C=O) groups excluding carboxylic acids is 1. The number of aryl methyl sites for hydroxylation is 2. The number of amides is 1. The highest BCUT2D eigenvalue weighted by atomic mass is 16.2. The Bertz CT molecular complexity index is 1000. The number of hydrogen-bond acceptors (Lipinski definition) is 3. The Balaban J connectivity index is 1.75. The second-order valence-electron chi connectivity index (χ2n) is 7.92. The Morgan fingerprint density at radius 2 is 2.00 bits per heavy atom. The molecule has 1 atom stereocenters. The summed E-state index contributed by atoms with van der Waals surface area (Å²) in [6, 6.07) is 10.7. The van der Waals surface area contributed by atoms with Gasteiger partial charge in [-0.25, -0.2) is 0 Å². The van der Waals surface area contributed by atoms with E-state index in [1.54, 1.807) is 6.92 Å². The second kappa shape index (κ2) is 9.09. The maximum absolute atomic E-state index is 13.2. The molecule has 0 fully saturated rings. The largest absolute Gasteiger partial charge is 0.339 e. The quantitative estimate of drug-likeness (QED) is 0.817. The minimum Gasteiger partial charge on any atom is -0.339 e. The summed E-state index contributed by atoms with van der Waals surface area (Å²) in [4.78, 5) is 29.9. The molecule has 5 nitrogen and oxygen atoms in total. The summed E-state index contributed by atoms with van der Waals surface area (Å²) in [5.41, 5.74) is 4.88. The molecule has 0 saturated carbocycles. The first kappa shape index (κ1) is 20.9. The summed E-state index contributed by atoms with van der Waals surface area (Å²) in [5, 5.41) is 9.26. The zero-order valence-corrected chi connectivity index (χ0v) is 17.5. The monoisotopic (exact) mass is 391 g/mol. The number of fused-ring (bicyclic) bond motifs is 1. The van der Waals surface area contributed by atoms with E-state index in [2.05, 4.69) is 41.1 Å². The number of benzene rings is 1. The van der Waals surface area contributed by atoms with Gasteiger partial charge in [0, 0.05) is 24.7 Å². The number of nitriles is 1. The summed E-state index contributed by atoms with van der Waals surface area (Å²) in [7, 11) is 0. The first-order valence-electron chi connectivity index (χ1n) is 10.4. The Hall–Kier alpha value is -2.87. The standard InChI is InChI=1S/C24H29N3O2/c1-4-13-27(20-10-9-18-7-5-6-8-19(18)14-20)23(28)12-11-21-16(2)22(15-25)24(29)26-17(21)3/h5-8,20H,4,9-14H2,1-3H3,(H,26,29). The van der Waals surface area contributed by atoms with Crippen LogP contribution in [0.2, 0.25) is 0 Å². The number of nitrogens with zero attached hydrogens (tertiary/aromatic N) is 2. The number of rotatable bonds is 6. The third-order valence-electron chi connectivity index (χ3n) is 6.06. The molecule has 1 aromatic heterocycles. The molecule has 1 aliphatic carbocycles. The first-order chi connectivity index (χ1) is 14.0. The van der Waals surface area contributed by atoms with Crippen LogP contribution in [0.25, 0.3) is 0 Å². The third-order valence-corrected chi connectivity index (χ3v) is 6.06. The van der Waals surface area contributed by atoms with Crippen molar-refractivity contribution in [3.05, 3.63) is 68.1 Å². The number of pyridine rings is 1. The van der Waals surface area contributed by atoms with Crippen LogP contribution in [0.5, 0.6) is 0 Å². The van der Waals surface area contributed by atoms with E-state index in [-0.39, 0.29) is 23.1 Å². The lowest BCUT2D eigenvalue weighted by atomic mass is 9.87. The summed E-state index contributed by atoms with van der Waals surface area (Å²) in [6.07, 6.45) is 4.77. The topological polar surface area (TPSA) is 77.0 Å². The smallest absolute Gasteiger partial charge is 0.266 e. The van der Waals surface area contributed by atoms with Gasteiger partial charge in [-0.1, -0.05) is 31.2 Å². The molecule has 1 heterocycles. The minimum atomic E-state index is -0.356. The van der Waals surface area contributed by atoms with E-state index < -0.39 is 0 Å². The highest BCUT2D eigenvalue weighted by Crippen LogP contribution is 2.25. The van der Waals surface area contributed by atoms with E-state index in [0.717, 1.165) is 43.5 Å². The number of hydrogen-bond donors (Lipinski definition) is 1. The van der Waals surface area contributed by atoms with Gasteiger partial charge in [0.25, 0.3) is 5.56 Å². The van der Waals surface area contributed by atoms with Crippen molar-refractivity contribution in [3.63, 3.8) is 0 Å². The van der Waals surface area contributed by atoms with Gasteiger partial charge in [0.15, 0.2) is 0 Å². The molecule has 5 heteroatoms.